The van der Waals surface area contributed by atoms with E-state index in [0.29, 0.717) is 6.29 Å². The first-order valence-electron chi connectivity index (χ1n) is 4.83. The molecule has 1 aromatic carbocycles. The van der Waals surface area contributed by atoms with Crippen LogP contribution in [0.3, 0.4) is 0 Å². The summed E-state index contributed by atoms with van der Waals surface area (Å²) in [7, 11) is 0. The van der Waals surface area contributed by atoms with E-state index in [0.717, 1.165) is 6.07 Å². The molecule has 0 aromatic heterocycles. The lowest BCUT2D eigenvalue weighted by molar-refractivity contribution is -0.140. The zero-order chi connectivity index (χ0) is 13.2. The second-order valence-electron chi connectivity index (χ2n) is 3.78. The van der Waals surface area contributed by atoms with Crippen molar-refractivity contribution in [2.45, 2.75) is 19.5 Å². The van der Waals surface area contributed by atoms with E-state index in [1.54, 1.807) is 0 Å². The van der Waals surface area contributed by atoms with Gasteiger partial charge in [0.25, 0.3) is 0 Å². The van der Waals surface area contributed by atoms with Crippen LogP contribution in [0.25, 0.3) is 0 Å². The normalized spacial score (nSPS) is 13.4. The molecule has 0 fully saturated rings. The van der Waals surface area contributed by atoms with E-state index in [9.17, 15) is 23.1 Å². The van der Waals surface area contributed by atoms with Crippen LogP contribution >= 0.6 is 0 Å². The van der Waals surface area contributed by atoms with Gasteiger partial charge in [-0.15, -0.1) is 0 Å². The highest BCUT2D eigenvalue weighted by molar-refractivity contribution is 5.56. The summed E-state index contributed by atoms with van der Waals surface area (Å²) in [5, 5.41) is 18.5. The van der Waals surface area contributed by atoms with Gasteiger partial charge < -0.3 is 15.0 Å². The summed E-state index contributed by atoms with van der Waals surface area (Å²) < 4.78 is 37.6. The maximum absolute atomic E-state index is 12.5. The molecular weight excluding hydrogens is 237 g/mol. The minimum absolute atomic E-state index is 0.0152. The maximum Gasteiger partial charge on any atom is 0.423 e. The number of halogens is 3. The van der Waals surface area contributed by atoms with Gasteiger partial charge in [0.1, 0.15) is 23.3 Å². The molecule has 94 valence electrons. The smallest absolute Gasteiger partial charge is 0.423 e. The van der Waals surface area contributed by atoms with Crippen molar-refractivity contribution in [1.29, 1.82) is 0 Å². The lowest BCUT2D eigenvalue weighted by Crippen LogP contribution is -2.08. The Balaban J connectivity index is 3.24. The first-order valence-corrected chi connectivity index (χ1v) is 4.83. The summed E-state index contributed by atoms with van der Waals surface area (Å²) >= 11 is 0. The molecule has 2 N–H and O–H groups in total. The molecule has 0 aliphatic rings. The van der Waals surface area contributed by atoms with E-state index >= 15 is 0 Å². The van der Waals surface area contributed by atoms with Gasteiger partial charge in [0.05, 0.1) is 0 Å². The third-order valence-electron chi connectivity index (χ3n) is 2.30. The van der Waals surface area contributed by atoms with Gasteiger partial charge in [-0.25, -0.2) is 0 Å². The number of hydrogen-bond donors (Lipinski definition) is 2. The van der Waals surface area contributed by atoms with Crippen molar-refractivity contribution in [3.8, 4) is 11.5 Å². The van der Waals surface area contributed by atoms with Gasteiger partial charge in [-0.05, 0) is 18.1 Å². The Morgan fingerprint density at radius 2 is 1.94 bits per heavy atom. The molecule has 0 radical (unpaired) electrons. The number of benzene rings is 1. The van der Waals surface area contributed by atoms with Gasteiger partial charge >= 0.3 is 6.18 Å². The van der Waals surface area contributed by atoms with Crippen LogP contribution in [0.4, 0.5) is 13.2 Å². The Labute approximate surface area is 95.5 Å². The zero-order valence-electron chi connectivity index (χ0n) is 8.95. The van der Waals surface area contributed by atoms with Gasteiger partial charge in [0, 0.05) is 5.92 Å². The molecule has 0 saturated heterocycles. The number of carbonyl (C=O) groups excluding carboxylic acids is 1. The molecule has 0 saturated carbocycles. The third kappa shape index (κ3) is 2.89. The molecule has 1 unspecified atom stereocenters. The number of carbonyl (C=O) groups is 1. The minimum atomic E-state index is -4.84. The molecule has 6 heteroatoms. The molecule has 0 spiro atoms. The largest absolute Gasteiger partial charge is 0.507 e. The first-order chi connectivity index (χ1) is 7.77. The van der Waals surface area contributed by atoms with E-state index in [1.165, 1.54) is 13.0 Å². The number of phenolic OH excluding ortho intramolecular Hbond substituents is 2. The molecule has 0 amide bonds. The monoisotopic (exact) mass is 248 g/mol. The van der Waals surface area contributed by atoms with E-state index in [2.05, 4.69) is 0 Å². The molecule has 1 rings (SSSR count). The van der Waals surface area contributed by atoms with Gasteiger partial charge in [0.15, 0.2) is 0 Å². The summed E-state index contributed by atoms with van der Waals surface area (Å²) in [6.45, 7) is 1.52. The lowest BCUT2D eigenvalue weighted by atomic mass is 9.98. The summed E-state index contributed by atoms with van der Waals surface area (Å²) in [5.41, 5.74) is -1.48. The zero-order valence-corrected chi connectivity index (χ0v) is 8.95. The van der Waals surface area contributed by atoms with Gasteiger partial charge in [0.2, 0.25) is 0 Å². The Kier molecular flexibility index (Phi) is 3.65. The van der Waals surface area contributed by atoms with Crippen LogP contribution in [0, 0.1) is 5.92 Å². The highest BCUT2D eigenvalue weighted by Crippen LogP contribution is 2.43. The average Bonchev–Trinajstić information content (AvgIpc) is 2.20. The van der Waals surface area contributed by atoms with Crippen LogP contribution in [0.15, 0.2) is 12.1 Å². The van der Waals surface area contributed by atoms with E-state index in [1.807, 2.05) is 0 Å². The standard InChI is InChI=1S/C11H11F3O3/c1-6(5-15)4-7-2-3-8(16)9(10(7)17)11(12,13)14/h2-3,5-6,16-17H,4H2,1H3. The van der Waals surface area contributed by atoms with Gasteiger partial charge in [-0.2, -0.15) is 13.2 Å². The second kappa shape index (κ2) is 4.65. The van der Waals surface area contributed by atoms with E-state index in [-0.39, 0.29) is 12.0 Å². The Morgan fingerprint density at radius 1 is 1.35 bits per heavy atom. The second-order valence-corrected chi connectivity index (χ2v) is 3.78. The molecule has 1 aromatic rings. The van der Waals surface area contributed by atoms with Gasteiger partial charge in [-0.3, -0.25) is 0 Å². The fourth-order valence-corrected chi connectivity index (χ4v) is 1.46. The van der Waals surface area contributed by atoms with Crippen molar-refractivity contribution in [2.75, 3.05) is 0 Å². The molecule has 0 heterocycles. The Morgan fingerprint density at radius 3 is 2.41 bits per heavy atom. The summed E-state index contributed by atoms with van der Waals surface area (Å²) in [4.78, 5) is 10.4. The summed E-state index contributed by atoms with van der Waals surface area (Å²) in [5.74, 6) is -2.56. The molecule has 17 heavy (non-hydrogen) atoms. The average molecular weight is 248 g/mol. The SMILES string of the molecule is CC(C=O)Cc1ccc(O)c(C(F)(F)F)c1O. The van der Waals surface area contributed by atoms with Crippen molar-refractivity contribution in [1.82, 2.24) is 0 Å². The third-order valence-corrected chi connectivity index (χ3v) is 2.30. The Bertz CT molecular complexity index is 427. The highest BCUT2D eigenvalue weighted by atomic mass is 19.4. The van der Waals surface area contributed by atoms with Crippen molar-refractivity contribution < 1.29 is 28.2 Å². The van der Waals surface area contributed by atoms with Crippen molar-refractivity contribution >= 4 is 6.29 Å². The van der Waals surface area contributed by atoms with E-state index in [4.69, 9.17) is 5.11 Å². The van der Waals surface area contributed by atoms with Crippen molar-refractivity contribution in [3.05, 3.63) is 23.3 Å². The quantitative estimate of drug-likeness (QED) is 0.808. The van der Waals surface area contributed by atoms with Gasteiger partial charge in [-0.1, -0.05) is 13.0 Å². The maximum atomic E-state index is 12.5. The van der Waals surface area contributed by atoms with E-state index < -0.39 is 29.2 Å². The van der Waals surface area contributed by atoms with Crippen LogP contribution < -0.4 is 0 Å². The van der Waals surface area contributed by atoms with Crippen molar-refractivity contribution in [3.63, 3.8) is 0 Å². The molecule has 1 atom stereocenters. The number of phenols is 2. The highest BCUT2D eigenvalue weighted by Gasteiger charge is 2.38. The number of aldehydes is 1. The topological polar surface area (TPSA) is 57.5 Å². The molecule has 0 aliphatic carbocycles. The summed E-state index contributed by atoms with van der Waals surface area (Å²) in [6, 6.07) is 2.02. The number of hydrogen-bond acceptors (Lipinski definition) is 3. The number of alkyl halides is 3. The van der Waals surface area contributed by atoms with Crippen molar-refractivity contribution in [2.24, 2.45) is 5.92 Å². The van der Waals surface area contributed by atoms with Crippen LogP contribution in [-0.2, 0) is 17.4 Å². The predicted molar refractivity (Wildman–Crippen MR) is 53.7 cm³/mol. The van der Waals surface area contributed by atoms with Crippen LogP contribution in [-0.4, -0.2) is 16.5 Å². The molecule has 0 bridgehead atoms. The van der Waals surface area contributed by atoms with Crippen LogP contribution in [0.5, 0.6) is 11.5 Å². The molecule has 3 nitrogen and oxygen atoms in total. The fourth-order valence-electron chi connectivity index (χ4n) is 1.46. The molecular formula is C11H11F3O3. The van der Waals surface area contributed by atoms with Crippen LogP contribution in [0.1, 0.15) is 18.1 Å². The Hall–Kier alpha value is -1.72. The first kappa shape index (κ1) is 13.3. The fraction of sp³-hybridized carbons (Fsp3) is 0.364. The van der Waals surface area contributed by atoms with Crippen LogP contribution in [0.2, 0.25) is 0 Å². The lowest BCUT2D eigenvalue weighted by Gasteiger charge is -2.14. The predicted octanol–water partition coefficient (Wildman–Crippen LogP) is 2.49. The number of aromatic hydroxyl groups is 2. The molecule has 0 aliphatic heterocycles. The number of rotatable bonds is 3. The summed E-state index contributed by atoms with van der Waals surface area (Å²) in [6.07, 6.45) is -4.27. The minimum Gasteiger partial charge on any atom is -0.507 e.